The topological polar surface area (TPSA) is 102 Å². The van der Waals surface area contributed by atoms with Gasteiger partial charge < -0.3 is 5.32 Å². The van der Waals surface area contributed by atoms with Gasteiger partial charge in [-0.2, -0.15) is 0 Å². The van der Waals surface area contributed by atoms with Crippen molar-refractivity contribution in [3.63, 3.8) is 0 Å². The number of benzene rings is 2. The van der Waals surface area contributed by atoms with Gasteiger partial charge in [0.15, 0.2) is 0 Å². The minimum Gasteiger partial charge on any atom is -0.326 e. The maximum absolute atomic E-state index is 12.6. The van der Waals surface area contributed by atoms with Crippen LogP contribution in [0.15, 0.2) is 59.8 Å². The number of amides is 1. The summed E-state index contributed by atoms with van der Waals surface area (Å²) >= 11 is 0. The van der Waals surface area contributed by atoms with Crippen LogP contribution in [0.5, 0.6) is 0 Å². The molecule has 0 saturated heterocycles. The molecule has 3 N–H and O–H groups in total. The number of nitrogens with two attached hydrogens (primary N) is 1. The lowest BCUT2D eigenvalue weighted by atomic mass is 10.1. The van der Waals surface area contributed by atoms with Gasteiger partial charge >= 0.3 is 0 Å². The Morgan fingerprint density at radius 1 is 1.15 bits per heavy atom. The van der Waals surface area contributed by atoms with Gasteiger partial charge in [-0.05, 0) is 60.0 Å². The third-order valence-electron chi connectivity index (χ3n) is 4.99. The molecule has 27 heavy (non-hydrogen) atoms. The van der Waals surface area contributed by atoms with Gasteiger partial charge in [0, 0.05) is 29.4 Å². The molecule has 0 bridgehead atoms. The lowest BCUT2D eigenvalue weighted by Gasteiger charge is -2.08. The third kappa shape index (κ3) is 3.56. The molecule has 0 aliphatic heterocycles. The summed E-state index contributed by atoms with van der Waals surface area (Å²) in [6.07, 6.45) is 4.35. The fraction of sp³-hybridized carbons (Fsp3) is 0.200. The average molecular weight is 381 g/mol. The van der Waals surface area contributed by atoms with Crippen molar-refractivity contribution in [1.29, 1.82) is 0 Å². The van der Waals surface area contributed by atoms with E-state index in [0.29, 0.717) is 0 Å². The quantitative estimate of drug-likeness (QED) is 0.725. The van der Waals surface area contributed by atoms with Crippen LogP contribution < -0.4 is 10.5 Å². The summed E-state index contributed by atoms with van der Waals surface area (Å²) in [5.41, 5.74) is 2.77. The largest absolute Gasteiger partial charge is 0.326 e. The SMILES string of the molecule is Cc1cncc2ccc(NC(=O)[C@@H]3C[C@H]3c3ccc(S(N)(=O)=O)cc3)cc12. The number of pyridine rings is 1. The van der Waals surface area contributed by atoms with Crippen LogP contribution in [0.3, 0.4) is 0 Å². The van der Waals surface area contributed by atoms with E-state index in [9.17, 15) is 13.2 Å². The molecule has 6 nitrogen and oxygen atoms in total. The van der Waals surface area contributed by atoms with Crippen LogP contribution in [0, 0.1) is 12.8 Å². The van der Waals surface area contributed by atoms with Crippen LogP contribution in [-0.4, -0.2) is 19.3 Å². The van der Waals surface area contributed by atoms with Crippen LogP contribution >= 0.6 is 0 Å². The molecule has 1 aromatic heterocycles. The van der Waals surface area contributed by atoms with Crippen LogP contribution in [0.4, 0.5) is 5.69 Å². The second-order valence-corrected chi connectivity index (χ2v) is 8.51. The molecule has 1 aliphatic carbocycles. The zero-order chi connectivity index (χ0) is 19.2. The number of nitrogens with one attached hydrogen (secondary N) is 1. The van der Waals surface area contributed by atoms with Crippen molar-refractivity contribution in [2.24, 2.45) is 11.1 Å². The Hall–Kier alpha value is -2.77. The van der Waals surface area contributed by atoms with Crippen molar-refractivity contribution in [1.82, 2.24) is 4.98 Å². The highest BCUT2D eigenvalue weighted by Crippen LogP contribution is 2.48. The van der Waals surface area contributed by atoms with Crippen LogP contribution in [0.1, 0.15) is 23.5 Å². The molecule has 0 spiro atoms. The van der Waals surface area contributed by atoms with Gasteiger partial charge in [-0.15, -0.1) is 0 Å². The summed E-state index contributed by atoms with van der Waals surface area (Å²) in [4.78, 5) is 16.8. The number of sulfonamides is 1. The van der Waals surface area contributed by atoms with Crippen LogP contribution in [-0.2, 0) is 14.8 Å². The number of fused-ring (bicyclic) bond motifs is 1. The van der Waals surface area contributed by atoms with Gasteiger partial charge in [0.05, 0.1) is 4.90 Å². The molecule has 4 rings (SSSR count). The molecule has 1 amide bonds. The van der Waals surface area contributed by atoms with Gasteiger partial charge in [-0.25, -0.2) is 13.6 Å². The summed E-state index contributed by atoms with van der Waals surface area (Å²) in [5.74, 6) is -0.0351. The van der Waals surface area contributed by atoms with Crippen molar-refractivity contribution >= 4 is 32.4 Å². The number of nitrogens with zero attached hydrogens (tertiary/aromatic N) is 1. The van der Waals surface area contributed by atoms with Gasteiger partial charge in [-0.3, -0.25) is 9.78 Å². The predicted molar refractivity (Wildman–Crippen MR) is 104 cm³/mol. The first-order chi connectivity index (χ1) is 12.8. The molecule has 7 heteroatoms. The number of anilines is 1. The van der Waals surface area contributed by atoms with Gasteiger partial charge in [0.25, 0.3) is 0 Å². The maximum Gasteiger partial charge on any atom is 0.238 e. The Kier molecular flexibility index (Phi) is 4.20. The zero-order valence-corrected chi connectivity index (χ0v) is 15.5. The molecule has 1 fully saturated rings. The molecule has 0 radical (unpaired) electrons. The number of carbonyl (C=O) groups is 1. The van der Waals surface area contributed by atoms with Crippen molar-refractivity contribution in [3.8, 4) is 0 Å². The number of hydrogen-bond donors (Lipinski definition) is 2. The molecule has 1 heterocycles. The number of rotatable bonds is 4. The first kappa shape index (κ1) is 17.6. The number of aromatic nitrogens is 1. The van der Waals surface area contributed by atoms with E-state index in [0.717, 1.165) is 34.0 Å². The lowest BCUT2D eigenvalue weighted by molar-refractivity contribution is -0.117. The highest BCUT2D eigenvalue weighted by Gasteiger charge is 2.43. The van der Waals surface area contributed by atoms with Crippen molar-refractivity contribution in [3.05, 3.63) is 66.0 Å². The molecule has 2 atom stereocenters. The van der Waals surface area contributed by atoms with E-state index in [-0.39, 0.29) is 22.6 Å². The molecule has 138 valence electrons. The number of carbonyl (C=O) groups excluding carboxylic acids is 1. The van der Waals surface area contributed by atoms with Gasteiger partial charge in [-0.1, -0.05) is 18.2 Å². The second-order valence-electron chi connectivity index (χ2n) is 6.94. The Morgan fingerprint density at radius 2 is 1.89 bits per heavy atom. The van der Waals surface area contributed by atoms with E-state index in [4.69, 9.17) is 5.14 Å². The van der Waals surface area contributed by atoms with E-state index >= 15 is 0 Å². The highest BCUT2D eigenvalue weighted by molar-refractivity contribution is 7.89. The van der Waals surface area contributed by atoms with E-state index in [2.05, 4.69) is 10.3 Å². The van der Waals surface area contributed by atoms with E-state index in [1.165, 1.54) is 12.1 Å². The maximum atomic E-state index is 12.6. The Morgan fingerprint density at radius 3 is 2.59 bits per heavy atom. The normalized spacial score (nSPS) is 19.0. The van der Waals surface area contributed by atoms with Gasteiger partial charge in [0.2, 0.25) is 15.9 Å². The first-order valence-electron chi connectivity index (χ1n) is 8.61. The summed E-state index contributed by atoms with van der Waals surface area (Å²) in [6, 6.07) is 12.2. The fourth-order valence-electron chi connectivity index (χ4n) is 3.38. The molecule has 1 saturated carbocycles. The minimum atomic E-state index is -3.70. The van der Waals surface area contributed by atoms with E-state index < -0.39 is 10.0 Å². The highest BCUT2D eigenvalue weighted by atomic mass is 32.2. The smallest absolute Gasteiger partial charge is 0.238 e. The molecule has 3 aromatic rings. The minimum absolute atomic E-state index is 0.0263. The van der Waals surface area contributed by atoms with Crippen molar-refractivity contribution in [2.75, 3.05) is 5.32 Å². The predicted octanol–water partition coefficient (Wildman–Crippen LogP) is 2.93. The molecule has 1 aliphatic rings. The lowest BCUT2D eigenvalue weighted by Crippen LogP contribution is -2.14. The molecule has 2 aromatic carbocycles. The fourth-order valence-corrected chi connectivity index (χ4v) is 3.90. The Bertz CT molecular complexity index is 1140. The first-order valence-corrected chi connectivity index (χ1v) is 10.2. The van der Waals surface area contributed by atoms with Crippen LogP contribution in [0.25, 0.3) is 10.8 Å². The summed E-state index contributed by atoms with van der Waals surface area (Å²) in [6.45, 7) is 1.99. The number of hydrogen-bond acceptors (Lipinski definition) is 4. The monoisotopic (exact) mass is 381 g/mol. The molecular formula is C20H19N3O3S. The standard InChI is InChI=1S/C20H19N3O3S/c1-12-10-22-11-14-2-5-15(8-17(12)14)23-20(24)19-9-18(19)13-3-6-16(7-4-13)27(21,25)26/h2-8,10-11,18-19H,9H2,1H3,(H,23,24)(H2,21,25,26)/t18-,19+/m0/s1. The van der Waals surface area contributed by atoms with Crippen molar-refractivity contribution in [2.45, 2.75) is 24.2 Å². The summed E-state index contributed by atoms with van der Waals surface area (Å²) in [7, 11) is -3.70. The Labute approximate surface area is 157 Å². The zero-order valence-electron chi connectivity index (χ0n) is 14.7. The third-order valence-corrected chi connectivity index (χ3v) is 5.92. The summed E-state index contributed by atoms with van der Waals surface area (Å²) < 4.78 is 22.7. The van der Waals surface area contributed by atoms with Crippen molar-refractivity contribution < 1.29 is 13.2 Å². The molecular weight excluding hydrogens is 362 g/mol. The van der Waals surface area contributed by atoms with E-state index in [1.807, 2.05) is 25.1 Å². The number of primary sulfonamides is 1. The molecule has 0 unspecified atom stereocenters. The summed E-state index contributed by atoms with van der Waals surface area (Å²) in [5, 5.41) is 10.2. The Balaban J connectivity index is 1.47. The van der Waals surface area contributed by atoms with Crippen LogP contribution in [0.2, 0.25) is 0 Å². The van der Waals surface area contributed by atoms with Gasteiger partial charge in [0.1, 0.15) is 0 Å². The van der Waals surface area contributed by atoms with E-state index in [1.54, 1.807) is 24.5 Å². The number of aryl methyl sites for hydroxylation is 1. The average Bonchev–Trinajstić information content (AvgIpc) is 3.43. The second kappa shape index (κ2) is 6.44.